The number of ether oxygens (including phenoxy) is 1. The monoisotopic (exact) mass is 298 g/mol. The van der Waals surface area contributed by atoms with Crippen LogP contribution in [0.4, 0.5) is 5.69 Å². The van der Waals surface area contributed by atoms with E-state index in [0.717, 1.165) is 30.6 Å². The van der Waals surface area contributed by atoms with Gasteiger partial charge in [0.05, 0.1) is 11.5 Å². The second-order valence-corrected chi connectivity index (χ2v) is 7.16. The molecule has 1 aromatic carbocycles. The van der Waals surface area contributed by atoms with Crippen molar-refractivity contribution in [2.24, 2.45) is 5.92 Å². The molecule has 0 spiro atoms. The first-order valence-electron chi connectivity index (χ1n) is 6.84. The van der Waals surface area contributed by atoms with Crippen LogP contribution in [0.15, 0.2) is 17.0 Å². The highest BCUT2D eigenvalue weighted by Gasteiger charge is 2.20. The molecule has 112 valence electrons. The van der Waals surface area contributed by atoms with Crippen molar-refractivity contribution in [3.63, 3.8) is 0 Å². The van der Waals surface area contributed by atoms with Crippen molar-refractivity contribution in [3.05, 3.63) is 23.3 Å². The molecule has 0 bridgehead atoms. The van der Waals surface area contributed by atoms with E-state index < -0.39 is 10.0 Å². The van der Waals surface area contributed by atoms with Gasteiger partial charge in [-0.25, -0.2) is 13.1 Å². The molecule has 3 N–H and O–H groups in total. The Morgan fingerprint density at radius 3 is 2.75 bits per heavy atom. The Morgan fingerprint density at radius 1 is 1.40 bits per heavy atom. The van der Waals surface area contributed by atoms with Crippen LogP contribution < -0.4 is 10.5 Å². The van der Waals surface area contributed by atoms with Gasteiger partial charge >= 0.3 is 0 Å². The molecule has 1 fully saturated rings. The lowest BCUT2D eigenvalue weighted by atomic mass is 10.0. The lowest BCUT2D eigenvalue weighted by Crippen LogP contribution is -2.33. The molecule has 0 aromatic heterocycles. The molecule has 0 amide bonds. The zero-order valence-corrected chi connectivity index (χ0v) is 12.8. The summed E-state index contributed by atoms with van der Waals surface area (Å²) >= 11 is 0. The Morgan fingerprint density at radius 2 is 2.15 bits per heavy atom. The maximum absolute atomic E-state index is 12.3. The van der Waals surface area contributed by atoms with Gasteiger partial charge in [0.1, 0.15) is 0 Å². The third-order valence-corrected chi connectivity index (χ3v) is 5.21. The van der Waals surface area contributed by atoms with Gasteiger partial charge in [0.15, 0.2) is 0 Å². The second kappa shape index (κ2) is 6.11. The highest BCUT2D eigenvalue weighted by molar-refractivity contribution is 7.89. The third kappa shape index (κ3) is 3.50. The summed E-state index contributed by atoms with van der Waals surface area (Å²) in [4.78, 5) is 0.231. The SMILES string of the molecule is Cc1cc(S(=O)(=O)NCC2CCCOC2)cc(N)c1C. The molecule has 1 saturated heterocycles. The van der Waals surface area contributed by atoms with Crippen LogP contribution in [-0.2, 0) is 14.8 Å². The molecular weight excluding hydrogens is 276 g/mol. The van der Waals surface area contributed by atoms with Crippen molar-refractivity contribution in [3.8, 4) is 0 Å². The Kier molecular flexibility index (Phi) is 4.67. The van der Waals surface area contributed by atoms with Crippen LogP contribution in [0, 0.1) is 19.8 Å². The Labute approximate surface area is 120 Å². The van der Waals surface area contributed by atoms with E-state index in [9.17, 15) is 8.42 Å². The minimum atomic E-state index is -3.51. The van der Waals surface area contributed by atoms with Crippen LogP contribution in [0.3, 0.4) is 0 Å². The van der Waals surface area contributed by atoms with E-state index in [1.807, 2.05) is 13.8 Å². The second-order valence-electron chi connectivity index (χ2n) is 5.39. The first kappa shape index (κ1) is 15.3. The van der Waals surface area contributed by atoms with E-state index in [1.165, 1.54) is 6.07 Å². The number of aryl methyl sites for hydroxylation is 1. The number of hydrogen-bond acceptors (Lipinski definition) is 4. The smallest absolute Gasteiger partial charge is 0.240 e. The van der Waals surface area contributed by atoms with Gasteiger partial charge < -0.3 is 10.5 Å². The summed E-state index contributed by atoms with van der Waals surface area (Å²) in [5.74, 6) is 0.252. The average molecular weight is 298 g/mol. The number of nitrogen functional groups attached to an aromatic ring is 1. The van der Waals surface area contributed by atoms with Gasteiger partial charge in [-0.1, -0.05) is 0 Å². The summed E-state index contributed by atoms with van der Waals surface area (Å²) in [6.45, 7) is 5.55. The van der Waals surface area contributed by atoms with E-state index >= 15 is 0 Å². The van der Waals surface area contributed by atoms with Crippen LogP contribution in [-0.4, -0.2) is 28.2 Å². The van der Waals surface area contributed by atoms with Crippen LogP contribution in [0.1, 0.15) is 24.0 Å². The minimum absolute atomic E-state index is 0.231. The summed E-state index contributed by atoms with van der Waals surface area (Å²) in [6.07, 6.45) is 1.99. The number of anilines is 1. The first-order chi connectivity index (χ1) is 9.40. The zero-order chi connectivity index (χ0) is 14.8. The molecule has 1 heterocycles. The summed E-state index contributed by atoms with van der Waals surface area (Å²) in [5, 5.41) is 0. The molecule has 6 heteroatoms. The van der Waals surface area contributed by atoms with Crippen molar-refractivity contribution < 1.29 is 13.2 Å². The van der Waals surface area contributed by atoms with Crippen LogP contribution in [0.25, 0.3) is 0 Å². The summed E-state index contributed by atoms with van der Waals surface area (Å²) in [6, 6.07) is 3.17. The number of sulfonamides is 1. The molecule has 1 aliphatic rings. The molecule has 0 saturated carbocycles. The summed E-state index contributed by atoms with van der Waals surface area (Å²) < 4.78 is 32.6. The summed E-state index contributed by atoms with van der Waals surface area (Å²) in [7, 11) is -3.51. The molecule has 5 nitrogen and oxygen atoms in total. The maximum Gasteiger partial charge on any atom is 0.240 e. The van der Waals surface area contributed by atoms with Gasteiger partial charge in [-0.3, -0.25) is 0 Å². The van der Waals surface area contributed by atoms with E-state index in [2.05, 4.69) is 4.72 Å². The predicted molar refractivity (Wildman–Crippen MR) is 79.1 cm³/mol. The fourth-order valence-electron chi connectivity index (χ4n) is 2.29. The largest absolute Gasteiger partial charge is 0.398 e. The van der Waals surface area contributed by atoms with Crippen molar-refractivity contribution in [1.82, 2.24) is 4.72 Å². The van der Waals surface area contributed by atoms with Gasteiger partial charge in [-0.2, -0.15) is 0 Å². The molecule has 20 heavy (non-hydrogen) atoms. The molecule has 1 unspecified atom stereocenters. The standard InChI is InChI=1S/C14H22N2O3S/c1-10-6-13(7-14(15)11(10)2)20(17,18)16-8-12-4-3-5-19-9-12/h6-7,12,16H,3-5,8-9,15H2,1-2H3. The molecular formula is C14H22N2O3S. The lowest BCUT2D eigenvalue weighted by molar-refractivity contribution is 0.0568. The van der Waals surface area contributed by atoms with Crippen LogP contribution in [0.2, 0.25) is 0 Å². The molecule has 2 rings (SSSR count). The highest BCUT2D eigenvalue weighted by Crippen LogP contribution is 2.22. The lowest BCUT2D eigenvalue weighted by Gasteiger charge is -2.22. The maximum atomic E-state index is 12.3. The van der Waals surface area contributed by atoms with Gasteiger partial charge in [0, 0.05) is 18.8 Å². The topological polar surface area (TPSA) is 81.4 Å². The highest BCUT2D eigenvalue weighted by atomic mass is 32.2. The van der Waals surface area contributed by atoms with Gasteiger partial charge in [0.2, 0.25) is 10.0 Å². The number of hydrogen-bond donors (Lipinski definition) is 2. The average Bonchev–Trinajstić information content (AvgIpc) is 2.43. The van der Waals surface area contributed by atoms with E-state index in [1.54, 1.807) is 6.07 Å². The van der Waals surface area contributed by atoms with Crippen LogP contribution >= 0.6 is 0 Å². The molecule has 0 aliphatic carbocycles. The zero-order valence-electron chi connectivity index (χ0n) is 12.0. The van der Waals surface area contributed by atoms with E-state index in [-0.39, 0.29) is 10.8 Å². The fraction of sp³-hybridized carbons (Fsp3) is 0.571. The number of rotatable bonds is 4. The van der Waals surface area contributed by atoms with E-state index in [4.69, 9.17) is 10.5 Å². The quantitative estimate of drug-likeness (QED) is 0.827. The van der Waals surface area contributed by atoms with Gasteiger partial charge in [0.25, 0.3) is 0 Å². The molecule has 1 aliphatic heterocycles. The fourth-order valence-corrected chi connectivity index (χ4v) is 3.52. The predicted octanol–water partition coefficient (Wildman–Crippen LogP) is 1.59. The van der Waals surface area contributed by atoms with E-state index in [0.29, 0.717) is 18.8 Å². The number of nitrogens with one attached hydrogen (secondary N) is 1. The normalized spacial score (nSPS) is 20.0. The molecule has 1 atom stereocenters. The first-order valence-corrected chi connectivity index (χ1v) is 8.32. The van der Waals surface area contributed by atoms with Crippen molar-refractivity contribution in [2.45, 2.75) is 31.6 Å². The van der Waals surface area contributed by atoms with Gasteiger partial charge in [-0.05, 0) is 55.9 Å². The number of benzene rings is 1. The Bertz CT molecular complexity index is 555. The number of nitrogens with two attached hydrogens (primary N) is 1. The van der Waals surface area contributed by atoms with Crippen molar-refractivity contribution in [1.29, 1.82) is 0 Å². The third-order valence-electron chi connectivity index (χ3n) is 3.81. The molecule has 0 radical (unpaired) electrons. The Balaban J connectivity index is 2.10. The molecule has 1 aromatic rings. The van der Waals surface area contributed by atoms with Crippen molar-refractivity contribution in [2.75, 3.05) is 25.5 Å². The Hall–Kier alpha value is -1.11. The van der Waals surface area contributed by atoms with Gasteiger partial charge in [-0.15, -0.1) is 0 Å². The summed E-state index contributed by atoms with van der Waals surface area (Å²) in [5.41, 5.74) is 8.15. The minimum Gasteiger partial charge on any atom is -0.398 e. The van der Waals surface area contributed by atoms with Crippen molar-refractivity contribution >= 4 is 15.7 Å². The van der Waals surface area contributed by atoms with Crippen LogP contribution in [0.5, 0.6) is 0 Å².